The molecular formula is C13H7Cl2F2NO. The smallest absolute Gasteiger partial charge is 0.257 e. The number of hydrogen-bond acceptors (Lipinski definition) is 1. The van der Waals surface area contributed by atoms with Gasteiger partial charge in [-0.3, -0.25) is 4.79 Å². The van der Waals surface area contributed by atoms with E-state index in [9.17, 15) is 13.6 Å². The molecule has 0 aliphatic heterocycles. The van der Waals surface area contributed by atoms with Gasteiger partial charge in [-0.2, -0.15) is 0 Å². The molecule has 0 aromatic heterocycles. The molecule has 2 aromatic carbocycles. The largest absolute Gasteiger partial charge is 0.319 e. The van der Waals surface area contributed by atoms with Crippen molar-refractivity contribution >= 4 is 34.8 Å². The summed E-state index contributed by atoms with van der Waals surface area (Å²) in [4.78, 5) is 11.9. The standard InChI is InChI=1S/C13H7Cl2F2NO/c14-9-3-1-2-8(12(9)15)13(19)18-11-6-7(16)4-5-10(11)17/h1-6H,(H,18,19). The fourth-order valence-electron chi connectivity index (χ4n) is 1.46. The molecule has 0 atom stereocenters. The Morgan fingerprint density at radius 1 is 1.11 bits per heavy atom. The summed E-state index contributed by atoms with van der Waals surface area (Å²) in [7, 11) is 0. The lowest BCUT2D eigenvalue weighted by atomic mass is 10.2. The van der Waals surface area contributed by atoms with E-state index in [-0.39, 0.29) is 21.3 Å². The molecule has 2 aromatic rings. The van der Waals surface area contributed by atoms with E-state index in [1.807, 2.05) is 0 Å². The highest BCUT2D eigenvalue weighted by molar-refractivity contribution is 6.44. The Labute approximate surface area is 118 Å². The van der Waals surface area contributed by atoms with Crippen LogP contribution in [0.4, 0.5) is 14.5 Å². The maximum atomic E-state index is 13.4. The SMILES string of the molecule is O=C(Nc1cc(F)ccc1F)c1cccc(Cl)c1Cl. The van der Waals surface area contributed by atoms with E-state index in [1.165, 1.54) is 18.2 Å². The molecule has 0 aliphatic rings. The van der Waals surface area contributed by atoms with E-state index in [4.69, 9.17) is 23.2 Å². The van der Waals surface area contributed by atoms with E-state index < -0.39 is 17.5 Å². The van der Waals surface area contributed by atoms with Crippen LogP contribution in [0.15, 0.2) is 36.4 Å². The molecule has 0 bridgehead atoms. The molecule has 0 unspecified atom stereocenters. The van der Waals surface area contributed by atoms with Gasteiger partial charge in [-0.25, -0.2) is 8.78 Å². The number of rotatable bonds is 2. The Kier molecular flexibility index (Phi) is 4.02. The number of amides is 1. The number of hydrogen-bond donors (Lipinski definition) is 1. The second-order valence-electron chi connectivity index (χ2n) is 3.68. The van der Waals surface area contributed by atoms with Gasteiger partial charge in [-0.05, 0) is 24.3 Å². The van der Waals surface area contributed by atoms with Crippen LogP contribution in [0.3, 0.4) is 0 Å². The Hall–Kier alpha value is -1.65. The highest BCUT2D eigenvalue weighted by Crippen LogP contribution is 2.26. The van der Waals surface area contributed by atoms with Gasteiger partial charge in [-0.15, -0.1) is 0 Å². The monoisotopic (exact) mass is 301 g/mol. The molecule has 0 radical (unpaired) electrons. The van der Waals surface area contributed by atoms with Crippen molar-refractivity contribution in [1.29, 1.82) is 0 Å². The lowest BCUT2D eigenvalue weighted by molar-refractivity contribution is 0.102. The van der Waals surface area contributed by atoms with E-state index in [0.29, 0.717) is 0 Å². The molecule has 6 heteroatoms. The van der Waals surface area contributed by atoms with Crippen LogP contribution in [0.2, 0.25) is 10.0 Å². The minimum absolute atomic E-state index is 0.0541. The fourth-order valence-corrected chi connectivity index (χ4v) is 1.85. The zero-order valence-electron chi connectivity index (χ0n) is 9.38. The van der Waals surface area contributed by atoms with Crippen LogP contribution < -0.4 is 5.32 Å². The zero-order chi connectivity index (χ0) is 14.0. The lowest BCUT2D eigenvalue weighted by Gasteiger charge is -2.08. The maximum Gasteiger partial charge on any atom is 0.257 e. The summed E-state index contributed by atoms with van der Waals surface area (Å²) >= 11 is 11.6. The van der Waals surface area contributed by atoms with E-state index in [0.717, 1.165) is 18.2 Å². The van der Waals surface area contributed by atoms with Crippen LogP contribution in [0, 0.1) is 11.6 Å². The van der Waals surface area contributed by atoms with Crippen LogP contribution in [-0.4, -0.2) is 5.91 Å². The molecule has 19 heavy (non-hydrogen) atoms. The lowest BCUT2D eigenvalue weighted by Crippen LogP contribution is -2.13. The van der Waals surface area contributed by atoms with Gasteiger partial charge in [0.25, 0.3) is 5.91 Å². The van der Waals surface area contributed by atoms with Gasteiger partial charge >= 0.3 is 0 Å². The van der Waals surface area contributed by atoms with Crippen LogP contribution in [0.1, 0.15) is 10.4 Å². The molecule has 98 valence electrons. The van der Waals surface area contributed by atoms with E-state index >= 15 is 0 Å². The molecule has 2 rings (SSSR count). The first-order valence-electron chi connectivity index (χ1n) is 5.19. The number of carbonyl (C=O) groups is 1. The average molecular weight is 302 g/mol. The van der Waals surface area contributed by atoms with Gasteiger partial charge in [0, 0.05) is 6.07 Å². The van der Waals surface area contributed by atoms with Crippen LogP contribution in [-0.2, 0) is 0 Å². The molecule has 0 spiro atoms. The summed E-state index contributed by atoms with van der Waals surface area (Å²) in [5, 5.41) is 2.50. The molecule has 0 saturated heterocycles. The molecule has 0 heterocycles. The number of carbonyl (C=O) groups excluding carboxylic acids is 1. The van der Waals surface area contributed by atoms with Crippen molar-refractivity contribution in [2.24, 2.45) is 0 Å². The van der Waals surface area contributed by atoms with Gasteiger partial charge in [0.2, 0.25) is 0 Å². The second kappa shape index (κ2) is 5.55. The predicted octanol–water partition coefficient (Wildman–Crippen LogP) is 4.52. The van der Waals surface area contributed by atoms with Gasteiger partial charge in [-0.1, -0.05) is 29.3 Å². The quantitative estimate of drug-likeness (QED) is 0.868. The van der Waals surface area contributed by atoms with Gasteiger partial charge in [0.05, 0.1) is 21.3 Å². The summed E-state index contributed by atoms with van der Waals surface area (Å²) in [5.74, 6) is -2.07. The summed E-state index contributed by atoms with van der Waals surface area (Å²) in [5.41, 5.74) is -0.182. The van der Waals surface area contributed by atoms with Gasteiger partial charge in [0.1, 0.15) is 11.6 Å². The Balaban J connectivity index is 2.31. The summed E-state index contributed by atoms with van der Waals surface area (Å²) in [6, 6.07) is 7.24. The number of nitrogens with one attached hydrogen (secondary N) is 1. The topological polar surface area (TPSA) is 29.1 Å². The first kappa shape index (κ1) is 13.8. The Morgan fingerprint density at radius 3 is 2.58 bits per heavy atom. The highest BCUT2D eigenvalue weighted by atomic mass is 35.5. The summed E-state index contributed by atoms with van der Waals surface area (Å²) in [6.45, 7) is 0. The van der Waals surface area contributed by atoms with Gasteiger partial charge < -0.3 is 5.32 Å². The molecular weight excluding hydrogens is 295 g/mol. The third kappa shape index (κ3) is 3.03. The first-order chi connectivity index (χ1) is 8.99. The van der Waals surface area contributed by atoms with Crippen LogP contribution >= 0.6 is 23.2 Å². The third-order valence-electron chi connectivity index (χ3n) is 2.37. The normalized spacial score (nSPS) is 10.3. The van der Waals surface area contributed by atoms with Crippen molar-refractivity contribution in [3.63, 3.8) is 0 Å². The molecule has 0 saturated carbocycles. The highest BCUT2D eigenvalue weighted by Gasteiger charge is 2.14. The van der Waals surface area contributed by atoms with Crippen molar-refractivity contribution in [3.8, 4) is 0 Å². The van der Waals surface area contributed by atoms with Crippen molar-refractivity contribution in [2.75, 3.05) is 5.32 Å². The van der Waals surface area contributed by atoms with Gasteiger partial charge in [0.15, 0.2) is 0 Å². The Bertz CT molecular complexity index is 647. The third-order valence-corrected chi connectivity index (χ3v) is 3.19. The zero-order valence-corrected chi connectivity index (χ0v) is 10.9. The summed E-state index contributed by atoms with van der Waals surface area (Å²) in [6.07, 6.45) is 0. The predicted molar refractivity (Wildman–Crippen MR) is 70.8 cm³/mol. The van der Waals surface area contributed by atoms with Crippen LogP contribution in [0.5, 0.6) is 0 Å². The number of halogens is 4. The second-order valence-corrected chi connectivity index (χ2v) is 4.46. The molecule has 1 amide bonds. The van der Waals surface area contributed by atoms with E-state index in [1.54, 1.807) is 0 Å². The Morgan fingerprint density at radius 2 is 1.84 bits per heavy atom. The van der Waals surface area contributed by atoms with Crippen LogP contribution in [0.25, 0.3) is 0 Å². The van der Waals surface area contributed by atoms with Crippen molar-refractivity contribution in [1.82, 2.24) is 0 Å². The van der Waals surface area contributed by atoms with E-state index in [2.05, 4.69) is 5.32 Å². The molecule has 0 aliphatic carbocycles. The fraction of sp³-hybridized carbons (Fsp3) is 0. The minimum Gasteiger partial charge on any atom is -0.319 e. The summed E-state index contributed by atoms with van der Waals surface area (Å²) < 4.78 is 26.4. The minimum atomic E-state index is -0.743. The van der Waals surface area contributed by atoms with Crippen molar-refractivity contribution < 1.29 is 13.6 Å². The van der Waals surface area contributed by atoms with Crippen molar-refractivity contribution in [3.05, 3.63) is 63.6 Å². The first-order valence-corrected chi connectivity index (χ1v) is 5.95. The maximum absolute atomic E-state index is 13.4. The number of benzene rings is 2. The molecule has 2 nitrogen and oxygen atoms in total. The average Bonchev–Trinajstić information content (AvgIpc) is 2.37. The molecule has 0 fully saturated rings. The van der Waals surface area contributed by atoms with Crippen molar-refractivity contribution in [2.45, 2.75) is 0 Å². The number of anilines is 1. The molecule has 1 N–H and O–H groups in total.